The van der Waals surface area contributed by atoms with Gasteiger partial charge in [-0.15, -0.1) is 10.2 Å². The standard InChI is InChI=1S/C23H26F2N6O/c1-22-12-16(10-17(30(22)3)13-23(22,24)25)29(2)21-7-6-19(27-28-21)18-5-4-15(11-20(18)32)31-9-8-26-14-31/h4-9,11,14,16-17,32H,10,12-13H2,1-3H3/t16-,17+,22-/m0/s1. The van der Waals surface area contributed by atoms with Crippen LogP contribution in [-0.4, -0.2) is 67.4 Å². The number of phenolic OH excluding ortho intramolecular Hbond substituents is 1. The van der Waals surface area contributed by atoms with Gasteiger partial charge < -0.3 is 14.6 Å². The molecule has 9 heteroatoms. The van der Waals surface area contributed by atoms with Gasteiger partial charge in [0.05, 0.1) is 23.2 Å². The number of benzene rings is 1. The second kappa shape index (κ2) is 7.23. The Balaban J connectivity index is 1.35. The van der Waals surface area contributed by atoms with E-state index in [1.165, 1.54) is 0 Å². The van der Waals surface area contributed by atoms with Gasteiger partial charge in [0.15, 0.2) is 5.82 Å². The minimum absolute atomic E-state index is 0.0439. The minimum atomic E-state index is -2.70. The fourth-order valence-corrected chi connectivity index (χ4v) is 5.15. The third-order valence-electron chi connectivity index (χ3n) is 7.40. The summed E-state index contributed by atoms with van der Waals surface area (Å²) in [7, 11) is 3.69. The number of alkyl halides is 2. The number of aromatic hydroxyl groups is 1. The molecule has 2 saturated heterocycles. The summed E-state index contributed by atoms with van der Waals surface area (Å²) in [6, 6.07) is 8.74. The van der Waals surface area contributed by atoms with Crippen LogP contribution < -0.4 is 4.90 Å². The van der Waals surface area contributed by atoms with E-state index in [9.17, 15) is 13.9 Å². The Bertz CT molecular complexity index is 1120. The molecule has 5 rings (SSSR count). The number of imidazole rings is 1. The van der Waals surface area contributed by atoms with Gasteiger partial charge in [0, 0.05) is 49.6 Å². The topological polar surface area (TPSA) is 70.3 Å². The summed E-state index contributed by atoms with van der Waals surface area (Å²) in [5, 5.41) is 19.1. The molecule has 0 aliphatic carbocycles. The van der Waals surface area contributed by atoms with Crippen LogP contribution in [0.15, 0.2) is 49.1 Å². The predicted molar refractivity (Wildman–Crippen MR) is 117 cm³/mol. The van der Waals surface area contributed by atoms with E-state index in [0.29, 0.717) is 29.9 Å². The van der Waals surface area contributed by atoms with Gasteiger partial charge >= 0.3 is 0 Å². The maximum Gasteiger partial charge on any atom is 0.267 e. The number of halogens is 2. The molecule has 3 atom stereocenters. The molecule has 0 spiro atoms. The number of hydrogen-bond acceptors (Lipinski definition) is 6. The average molecular weight is 440 g/mol. The van der Waals surface area contributed by atoms with Gasteiger partial charge in [-0.2, -0.15) is 0 Å². The van der Waals surface area contributed by atoms with Crippen LogP contribution in [0.2, 0.25) is 0 Å². The van der Waals surface area contributed by atoms with Crippen LogP contribution in [0.3, 0.4) is 0 Å². The number of piperidine rings is 1. The SMILES string of the molecule is CN(c1ccc(-c2ccc(-n3ccnc3)cc2O)nn1)[C@H]1C[C@@H]2CC(F)(F)[C@](C)(C1)N2C. The molecule has 0 amide bonds. The Morgan fingerprint density at radius 3 is 2.59 bits per heavy atom. The molecule has 2 fully saturated rings. The molecule has 2 bridgehead atoms. The number of anilines is 1. The van der Waals surface area contributed by atoms with Gasteiger partial charge in [-0.05, 0) is 51.1 Å². The number of rotatable bonds is 4. The van der Waals surface area contributed by atoms with Crippen molar-refractivity contribution in [3.63, 3.8) is 0 Å². The van der Waals surface area contributed by atoms with Crippen LogP contribution in [0.4, 0.5) is 14.6 Å². The lowest BCUT2D eigenvalue weighted by Crippen LogP contribution is -2.58. The number of phenols is 1. The molecule has 2 aliphatic heterocycles. The molecule has 3 aromatic rings. The summed E-state index contributed by atoms with van der Waals surface area (Å²) in [5.74, 6) is -1.98. The summed E-state index contributed by atoms with van der Waals surface area (Å²) in [6.07, 6.45) is 6.06. The van der Waals surface area contributed by atoms with Gasteiger partial charge in [0.2, 0.25) is 0 Å². The van der Waals surface area contributed by atoms with Crippen molar-refractivity contribution in [1.29, 1.82) is 0 Å². The van der Waals surface area contributed by atoms with Gasteiger partial charge in [0.1, 0.15) is 5.75 Å². The van der Waals surface area contributed by atoms with Crippen molar-refractivity contribution in [2.24, 2.45) is 0 Å². The molecular weight excluding hydrogens is 414 g/mol. The lowest BCUT2D eigenvalue weighted by atomic mass is 9.85. The van der Waals surface area contributed by atoms with Gasteiger partial charge in [-0.3, -0.25) is 4.90 Å². The fourth-order valence-electron chi connectivity index (χ4n) is 5.15. The molecular formula is C23H26F2N6O. The number of aromatic nitrogens is 4. The third kappa shape index (κ3) is 3.14. The first kappa shape index (κ1) is 20.8. The zero-order valence-corrected chi connectivity index (χ0v) is 18.3. The van der Waals surface area contributed by atoms with Crippen LogP contribution in [0.1, 0.15) is 26.2 Å². The second-order valence-electron chi connectivity index (χ2n) is 9.10. The highest BCUT2D eigenvalue weighted by Gasteiger charge is 2.64. The molecule has 1 N–H and O–H groups in total. The lowest BCUT2D eigenvalue weighted by Gasteiger charge is -2.47. The summed E-state index contributed by atoms with van der Waals surface area (Å²) < 4.78 is 31.1. The van der Waals surface area contributed by atoms with Gasteiger partial charge in [-0.1, -0.05) is 0 Å². The van der Waals surface area contributed by atoms with E-state index in [4.69, 9.17) is 0 Å². The number of fused-ring (bicyclic) bond motifs is 2. The zero-order chi connectivity index (χ0) is 22.7. The van der Waals surface area contributed by atoms with Gasteiger partial charge in [0.25, 0.3) is 5.92 Å². The van der Waals surface area contributed by atoms with Crippen LogP contribution in [0.25, 0.3) is 16.9 Å². The summed E-state index contributed by atoms with van der Waals surface area (Å²) >= 11 is 0. The lowest BCUT2D eigenvalue weighted by molar-refractivity contribution is -0.0932. The molecule has 0 unspecified atom stereocenters. The number of hydrogen-bond donors (Lipinski definition) is 1. The van der Waals surface area contributed by atoms with Crippen molar-refractivity contribution in [2.75, 3.05) is 19.0 Å². The van der Waals surface area contributed by atoms with Crippen molar-refractivity contribution >= 4 is 5.82 Å². The Labute approximate surface area is 185 Å². The van der Waals surface area contributed by atoms with Crippen molar-refractivity contribution in [3.05, 3.63) is 49.1 Å². The molecule has 7 nitrogen and oxygen atoms in total. The Morgan fingerprint density at radius 2 is 1.97 bits per heavy atom. The fraction of sp³-hybridized carbons (Fsp3) is 0.435. The van der Waals surface area contributed by atoms with Crippen LogP contribution in [0.5, 0.6) is 5.75 Å². The average Bonchev–Trinajstić information content (AvgIpc) is 3.33. The van der Waals surface area contributed by atoms with E-state index < -0.39 is 11.5 Å². The largest absolute Gasteiger partial charge is 0.507 e. The van der Waals surface area contributed by atoms with Crippen LogP contribution in [0, 0.1) is 0 Å². The van der Waals surface area contributed by atoms with E-state index in [0.717, 1.165) is 5.69 Å². The molecule has 168 valence electrons. The zero-order valence-electron chi connectivity index (χ0n) is 18.3. The summed E-state index contributed by atoms with van der Waals surface area (Å²) in [4.78, 5) is 7.82. The highest BCUT2D eigenvalue weighted by atomic mass is 19.3. The highest BCUT2D eigenvalue weighted by molar-refractivity contribution is 5.69. The first-order chi connectivity index (χ1) is 15.2. The molecule has 0 radical (unpaired) electrons. The van der Waals surface area contributed by atoms with Crippen molar-refractivity contribution in [2.45, 2.75) is 49.7 Å². The molecule has 32 heavy (non-hydrogen) atoms. The number of nitrogens with zero attached hydrogens (tertiary/aromatic N) is 6. The molecule has 0 saturated carbocycles. The van der Waals surface area contributed by atoms with E-state index in [2.05, 4.69) is 15.2 Å². The van der Waals surface area contributed by atoms with Crippen molar-refractivity contribution < 1.29 is 13.9 Å². The molecule has 2 aromatic heterocycles. The highest BCUT2D eigenvalue weighted by Crippen LogP contribution is 2.53. The van der Waals surface area contributed by atoms with Gasteiger partial charge in [-0.25, -0.2) is 13.8 Å². The van der Waals surface area contributed by atoms with Crippen LogP contribution in [-0.2, 0) is 0 Å². The summed E-state index contributed by atoms with van der Waals surface area (Å²) in [5.41, 5.74) is 0.749. The Kier molecular flexibility index (Phi) is 4.70. The maximum atomic E-state index is 14.7. The van der Waals surface area contributed by atoms with E-state index in [1.54, 1.807) is 55.5 Å². The first-order valence-electron chi connectivity index (χ1n) is 10.7. The quantitative estimate of drug-likeness (QED) is 0.667. The van der Waals surface area contributed by atoms with E-state index in [1.807, 2.05) is 29.0 Å². The Hall–Kier alpha value is -3.07. The van der Waals surface area contributed by atoms with Crippen molar-refractivity contribution in [1.82, 2.24) is 24.6 Å². The minimum Gasteiger partial charge on any atom is -0.507 e. The first-order valence-corrected chi connectivity index (χ1v) is 10.7. The maximum absolute atomic E-state index is 14.7. The predicted octanol–water partition coefficient (Wildman–Crippen LogP) is 3.73. The molecule has 1 aromatic carbocycles. The monoisotopic (exact) mass is 440 g/mol. The van der Waals surface area contributed by atoms with Crippen molar-refractivity contribution in [3.8, 4) is 22.7 Å². The smallest absolute Gasteiger partial charge is 0.267 e. The summed E-state index contributed by atoms with van der Waals surface area (Å²) in [6.45, 7) is 1.66. The normalized spacial score (nSPS) is 26.9. The molecule has 2 aliphatic rings. The third-order valence-corrected chi connectivity index (χ3v) is 7.40. The Morgan fingerprint density at radius 1 is 1.16 bits per heavy atom. The van der Waals surface area contributed by atoms with Crippen LogP contribution >= 0.6 is 0 Å². The van der Waals surface area contributed by atoms with E-state index in [-0.39, 0.29) is 24.3 Å². The van der Waals surface area contributed by atoms with E-state index >= 15 is 0 Å². The molecule has 4 heterocycles. The second-order valence-corrected chi connectivity index (χ2v) is 9.10.